The molecule has 1 aliphatic rings. The fourth-order valence-corrected chi connectivity index (χ4v) is 3.17. The van der Waals surface area contributed by atoms with Gasteiger partial charge in [-0.1, -0.05) is 26.0 Å². The summed E-state index contributed by atoms with van der Waals surface area (Å²) >= 11 is 0. The van der Waals surface area contributed by atoms with Crippen molar-refractivity contribution in [3.8, 4) is 5.75 Å². The van der Waals surface area contributed by atoms with Crippen molar-refractivity contribution < 1.29 is 9.66 Å². The molecule has 116 valence electrons. The Labute approximate surface area is 126 Å². The van der Waals surface area contributed by atoms with Crippen molar-refractivity contribution in [2.24, 2.45) is 11.8 Å². The van der Waals surface area contributed by atoms with E-state index in [1.54, 1.807) is 18.2 Å². The van der Waals surface area contributed by atoms with Gasteiger partial charge in [-0.05, 0) is 30.7 Å². The zero-order valence-corrected chi connectivity index (χ0v) is 12.8. The van der Waals surface area contributed by atoms with Gasteiger partial charge in [0, 0.05) is 25.7 Å². The quantitative estimate of drug-likeness (QED) is 0.458. The van der Waals surface area contributed by atoms with E-state index in [2.05, 4.69) is 18.7 Å². The fraction of sp³-hybridized carbons (Fsp3) is 0.625. The highest BCUT2D eigenvalue weighted by Gasteiger charge is 2.21. The van der Waals surface area contributed by atoms with Crippen molar-refractivity contribution in [2.75, 3.05) is 26.2 Å². The molecule has 0 bridgehead atoms. The first-order valence-corrected chi connectivity index (χ1v) is 7.65. The number of piperidine rings is 1. The summed E-state index contributed by atoms with van der Waals surface area (Å²) in [5, 5.41) is 10.9. The Balaban J connectivity index is 1.76. The van der Waals surface area contributed by atoms with Crippen LogP contribution in [0.25, 0.3) is 0 Å². The predicted molar refractivity (Wildman–Crippen MR) is 82.6 cm³/mol. The van der Waals surface area contributed by atoms with E-state index in [0.717, 1.165) is 37.9 Å². The topological polar surface area (TPSA) is 55.6 Å². The average Bonchev–Trinajstić information content (AvgIpc) is 2.43. The van der Waals surface area contributed by atoms with E-state index >= 15 is 0 Å². The van der Waals surface area contributed by atoms with Gasteiger partial charge in [-0.15, -0.1) is 0 Å². The molecular formula is C16H24N2O3. The summed E-state index contributed by atoms with van der Waals surface area (Å²) in [4.78, 5) is 13.0. The Bertz CT molecular complexity index is 468. The zero-order chi connectivity index (χ0) is 15.2. The molecule has 0 N–H and O–H groups in total. The summed E-state index contributed by atoms with van der Waals surface area (Å²) in [6.07, 6.45) is 2.20. The van der Waals surface area contributed by atoms with E-state index in [-0.39, 0.29) is 5.69 Å². The minimum Gasteiger partial charge on any atom is -0.487 e. The van der Waals surface area contributed by atoms with Gasteiger partial charge in [0.25, 0.3) is 0 Å². The van der Waals surface area contributed by atoms with Gasteiger partial charge in [0.15, 0.2) is 5.75 Å². The number of para-hydroxylation sites is 2. The van der Waals surface area contributed by atoms with Crippen molar-refractivity contribution in [1.29, 1.82) is 0 Å². The monoisotopic (exact) mass is 292 g/mol. The molecule has 0 unspecified atom stereocenters. The van der Waals surface area contributed by atoms with Gasteiger partial charge in [0.05, 0.1) is 11.5 Å². The highest BCUT2D eigenvalue weighted by molar-refractivity contribution is 5.45. The van der Waals surface area contributed by atoms with Crippen LogP contribution in [-0.4, -0.2) is 36.1 Å². The number of nitrogens with zero attached hydrogens (tertiary/aromatic N) is 2. The molecule has 0 aromatic heterocycles. The third-order valence-corrected chi connectivity index (χ3v) is 3.88. The molecule has 0 aliphatic carbocycles. The molecule has 2 rings (SSSR count). The van der Waals surface area contributed by atoms with Crippen LogP contribution in [0.15, 0.2) is 24.3 Å². The summed E-state index contributed by atoms with van der Waals surface area (Å²) in [6, 6.07) is 6.55. The van der Waals surface area contributed by atoms with Crippen molar-refractivity contribution >= 4 is 5.69 Å². The molecule has 5 heteroatoms. The highest BCUT2D eigenvalue weighted by atomic mass is 16.6. The Morgan fingerprint density at radius 2 is 1.95 bits per heavy atom. The molecule has 1 aromatic rings. The Kier molecular flexibility index (Phi) is 5.56. The van der Waals surface area contributed by atoms with Crippen molar-refractivity contribution in [3.05, 3.63) is 34.4 Å². The minimum atomic E-state index is -0.399. The number of hydrogen-bond donors (Lipinski definition) is 0. The number of likely N-dealkylation sites (tertiary alicyclic amines) is 1. The van der Waals surface area contributed by atoms with Gasteiger partial charge in [-0.3, -0.25) is 10.1 Å². The smallest absolute Gasteiger partial charge is 0.310 e. The molecule has 0 amide bonds. The van der Waals surface area contributed by atoms with Crippen molar-refractivity contribution in [3.63, 3.8) is 0 Å². The van der Waals surface area contributed by atoms with E-state index < -0.39 is 4.92 Å². The molecule has 2 atom stereocenters. The molecule has 1 aliphatic heterocycles. The van der Waals surface area contributed by atoms with E-state index in [9.17, 15) is 10.1 Å². The largest absolute Gasteiger partial charge is 0.487 e. The maximum atomic E-state index is 10.9. The Morgan fingerprint density at radius 3 is 2.62 bits per heavy atom. The zero-order valence-electron chi connectivity index (χ0n) is 12.8. The van der Waals surface area contributed by atoms with E-state index in [0.29, 0.717) is 12.4 Å². The minimum absolute atomic E-state index is 0.0396. The molecule has 1 saturated heterocycles. The van der Waals surface area contributed by atoms with Crippen LogP contribution >= 0.6 is 0 Å². The average molecular weight is 292 g/mol. The number of nitro benzene ring substituents is 1. The summed E-state index contributed by atoms with van der Waals surface area (Å²) < 4.78 is 5.57. The van der Waals surface area contributed by atoms with E-state index in [1.807, 2.05) is 0 Å². The lowest BCUT2D eigenvalue weighted by Gasteiger charge is -2.34. The number of nitro groups is 1. The summed E-state index contributed by atoms with van der Waals surface area (Å²) in [7, 11) is 0. The lowest BCUT2D eigenvalue weighted by atomic mass is 9.92. The van der Waals surface area contributed by atoms with Crippen LogP contribution in [0.5, 0.6) is 5.75 Å². The Hall–Kier alpha value is -1.62. The van der Waals surface area contributed by atoms with Gasteiger partial charge in [-0.25, -0.2) is 0 Å². The summed E-state index contributed by atoms with van der Waals surface area (Å²) in [5.74, 6) is 1.87. The number of benzene rings is 1. The SMILES string of the molecule is C[C@@H]1C[C@H](C)CN(CCCOc2ccccc2[N+](=O)[O-])C1. The van der Waals surface area contributed by atoms with Crippen LogP contribution in [0.1, 0.15) is 26.7 Å². The molecule has 5 nitrogen and oxygen atoms in total. The maximum Gasteiger partial charge on any atom is 0.310 e. The van der Waals surface area contributed by atoms with Crippen LogP contribution in [-0.2, 0) is 0 Å². The molecule has 0 radical (unpaired) electrons. The maximum absolute atomic E-state index is 10.9. The third-order valence-electron chi connectivity index (χ3n) is 3.88. The van der Waals surface area contributed by atoms with Gasteiger partial charge in [-0.2, -0.15) is 0 Å². The fourth-order valence-electron chi connectivity index (χ4n) is 3.17. The molecule has 1 fully saturated rings. The van der Waals surface area contributed by atoms with Crippen LogP contribution in [0, 0.1) is 22.0 Å². The molecule has 1 heterocycles. The first-order valence-electron chi connectivity index (χ1n) is 7.65. The standard InChI is InChI=1S/C16H24N2O3/c1-13-10-14(2)12-17(11-13)8-5-9-21-16-7-4-3-6-15(16)18(19)20/h3-4,6-7,13-14H,5,8-12H2,1-2H3/t13-,14+. The van der Waals surface area contributed by atoms with Crippen LogP contribution in [0.3, 0.4) is 0 Å². The number of ether oxygens (including phenoxy) is 1. The summed E-state index contributed by atoms with van der Waals surface area (Å²) in [5.41, 5.74) is 0.0396. The van der Waals surface area contributed by atoms with Crippen molar-refractivity contribution in [2.45, 2.75) is 26.7 Å². The second-order valence-corrected chi connectivity index (χ2v) is 6.13. The van der Waals surface area contributed by atoms with Crippen molar-refractivity contribution in [1.82, 2.24) is 4.90 Å². The van der Waals surface area contributed by atoms with E-state index in [1.165, 1.54) is 12.5 Å². The highest BCUT2D eigenvalue weighted by Crippen LogP contribution is 2.26. The van der Waals surface area contributed by atoms with E-state index in [4.69, 9.17) is 4.74 Å². The number of hydrogen-bond acceptors (Lipinski definition) is 4. The Morgan fingerprint density at radius 1 is 1.29 bits per heavy atom. The normalized spacial score (nSPS) is 23.0. The van der Waals surface area contributed by atoms with Crippen LogP contribution < -0.4 is 4.74 Å². The molecular weight excluding hydrogens is 268 g/mol. The third kappa shape index (κ3) is 4.70. The summed E-state index contributed by atoms with van der Waals surface area (Å²) in [6.45, 7) is 8.41. The molecule has 21 heavy (non-hydrogen) atoms. The first-order chi connectivity index (χ1) is 10.1. The lowest BCUT2D eigenvalue weighted by Crippen LogP contribution is -2.39. The second kappa shape index (κ2) is 7.41. The van der Waals surface area contributed by atoms with Gasteiger partial charge in [0.1, 0.15) is 0 Å². The van der Waals surface area contributed by atoms with Crippen LogP contribution in [0.4, 0.5) is 5.69 Å². The molecule has 0 spiro atoms. The second-order valence-electron chi connectivity index (χ2n) is 6.13. The molecule has 0 saturated carbocycles. The predicted octanol–water partition coefficient (Wildman–Crippen LogP) is 3.34. The van der Waals surface area contributed by atoms with Crippen LogP contribution in [0.2, 0.25) is 0 Å². The lowest BCUT2D eigenvalue weighted by molar-refractivity contribution is -0.385. The van der Waals surface area contributed by atoms with Gasteiger partial charge < -0.3 is 9.64 Å². The van der Waals surface area contributed by atoms with Gasteiger partial charge >= 0.3 is 5.69 Å². The number of rotatable bonds is 6. The molecule has 1 aromatic carbocycles. The first kappa shape index (κ1) is 15.8. The van der Waals surface area contributed by atoms with Gasteiger partial charge in [0.2, 0.25) is 0 Å².